The van der Waals surface area contributed by atoms with Crippen molar-refractivity contribution in [2.24, 2.45) is 0 Å². The predicted octanol–water partition coefficient (Wildman–Crippen LogP) is 3.80. The average Bonchev–Trinajstić information content (AvgIpc) is 2.77. The van der Waals surface area contributed by atoms with Crippen LogP contribution in [-0.4, -0.2) is 53.6 Å². The zero-order chi connectivity index (χ0) is 21.8. The Morgan fingerprint density at radius 1 is 0.903 bits per heavy atom. The van der Waals surface area contributed by atoms with Crippen LogP contribution in [0.1, 0.15) is 17.0 Å². The van der Waals surface area contributed by atoms with E-state index in [1.807, 2.05) is 62.1 Å². The molecule has 160 valence electrons. The lowest BCUT2D eigenvalue weighted by Crippen LogP contribution is -2.50. The van der Waals surface area contributed by atoms with E-state index in [4.69, 9.17) is 4.74 Å². The van der Waals surface area contributed by atoms with Gasteiger partial charge in [-0.1, -0.05) is 36.4 Å². The van der Waals surface area contributed by atoms with Gasteiger partial charge in [0.15, 0.2) is 6.61 Å². The minimum atomic E-state index is 0.0163. The summed E-state index contributed by atoms with van der Waals surface area (Å²) in [5.74, 6) is 2.42. The van der Waals surface area contributed by atoms with Crippen molar-refractivity contribution in [1.29, 1.82) is 0 Å². The fourth-order valence-electron chi connectivity index (χ4n) is 3.91. The molecule has 2 heterocycles. The van der Waals surface area contributed by atoms with Gasteiger partial charge in [0.2, 0.25) is 0 Å². The fourth-order valence-corrected chi connectivity index (χ4v) is 3.91. The Bertz CT molecular complexity index is 1040. The van der Waals surface area contributed by atoms with Gasteiger partial charge >= 0.3 is 0 Å². The van der Waals surface area contributed by atoms with Gasteiger partial charge in [-0.3, -0.25) is 4.79 Å². The first-order valence-electron chi connectivity index (χ1n) is 10.6. The highest BCUT2D eigenvalue weighted by Crippen LogP contribution is 2.23. The number of anilines is 1. The molecule has 31 heavy (non-hydrogen) atoms. The molecular formula is C25H28N4O2. The molecular weight excluding hydrogens is 388 g/mol. The number of benzene rings is 2. The molecule has 1 fully saturated rings. The van der Waals surface area contributed by atoms with Crippen LogP contribution in [0.15, 0.2) is 54.6 Å². The lowest BCUT2D eigenvalue weighted by molar-refractivity contribution is -0.133. The van der Waals surface area contributed by atoms with Gasteiger partial charge in [0.1, 0.15) is 17.4 Å². The van der Waals surface area contributed by atoms with Crippen molar-refractivity contribution in [3.63, 3.8) is 0 Å². The number of carbonyl (C=O) groups excluding carboxylic acids is 1. The average molecular weight is 417 g/mol. The summed E-state index contributed by atoms with van der Waals surface area (Å²) in [4.78, 5) is 25.9. The second-order valence-electron chi connectivity index (χ2n) is 8.00. The number of carbonyl (C=O) groups is 1. The highest BCUT2D eigenvalue weighted by molar-refractivity contribution is 5.78. The number of ether oxygens (including phenoxy) is 1. The highest BCUT2D eigenvalue weighted by Gasteiger charge is 2.23. The van der Waals surface area contributed by atoms with Crippen LogP contribution in [0.4, 0.5) is 5.82 Å². The Balaban J connectivity index is 1.36. The summed E-state index contributed by atoms with van der Waals surface area (Å²) >= 11 is 0. The van der Waals surface area contributed by atoms with Crippen molar-refractivity contribution in [3.8, 4) is 17.0 Å². The van der Waals surface area contributed by atoms with Crippen LogP contribution in [0.5, 0.6) is 5.75 Å². The Labute approximate surface area is 183 Å². The molecule has 1 aliphatic rings. The van der Waals surface area contributed by atoms with Crippen LogP contribution in [-0.2, 0) is 4.79 Å². The van der Waals surface area contributed by atoms with E-state index in [1.54, 1.807) is 0 Å². The molecule has 2 aromatic carbocycles. The number of hydrogen-bond donors (Lipinski definition) is 0. The quantitative estimate of drug-likeness (QED) is 0.633. The first-order chi connectivity index (χ1) is 15.0. The van der Waals surface area contributed by atoms with Crippen LogP contribution in [0, 0.1) is 20.8 Å². The summed E-state index contributed by atoms with van der Waals surface area (Å²) in [6.07, 6.45) is 0. The summed E-state index contributed by atoms with van der Waals surface area (Å²) in [7, 11) is 0. The third kappa shape index (κ3) is 5.20. The Hall–Kier alpha value is -3.41. The van der Waals surface area contributed by atoms with E-state index >= 15 is 0 Å². The Morgan fingerprint density at radius 3 is 2.26 bits per heavy atom. The van der Waals surface area contributed by atoms with Crippen molar-refractivity contribution < 1.29 is 9.53 Å². The van der Waals surface area contributed by atoms with Crippen LogP contribution in [0.2, 0.25) is 0 Å². The summed E-state index contributed by atoms with van der Waals surface area (Å²) in [6.45, 7) is 8.81. The van der Waals surface area contributed by atoms with Gasteiger partial charge in [-0.05, 0) is 44.0 Å². The summed E-state index contributed by atoms with van der Waals surface area (Å²) in [5, 5.41) is 0. The monoisotopic (exact) mass is 416 g/mol. The minimum Gasteiger partial charge on any atom is -0.484 e. The fraction of sp³-hybridized carbons (Fsp3) is 0.320. The molecule has 1 aromatic heterocycles. The SMILES string of the molecule is Cc1cc(C)cc(OCC(=O)N2CCN(c3cc(-c4ccccc4)nc(C)n3)CC2)c1. The third-order valence-electron chi connectivity index (χ3n) is 5.41. The van der Waals surface area contributed by atoms with Gasteiger partial charge in [0, 0.05) is 37.8 Å². The molecule has 0 radical (unpaired) electrons. The maximum atomic E-state index is 12.6. The number of hydrogen-bond acceptors (Lipinski definition) is 5. The van der Waals surface area contributed by atoms with Crippen molar-refractivity contribution in [3.05, 3.63) is 71.5 Å². The molecule has 3 aromatic rings. The second kappa shape index (κ2) is 9.16. The lowest BCUT2D eigenvalue weighted by atomic mass is 10.1. The van der Waals surface area contributed by atoms with Crippen LogP contribution < -0.4 is 9.64 Å². The molecule has 0 saturated carbocycles. The molecule has 6 heteroatoms. The smallest absolute Gasteiger partial charge is 0.260 e. The molecule has 1 aliphatic heterocycles. The molecule has 1 amide bonds. The minimum absolute atomic E-state index is 0.0163. The van der Waals surface area contributed by atoms with E-state index in [9.17, 15) is 4.79 Å². The topological polar surface area (TPSA) is 58.6 Å². The molecule has 0 unspecified atom stereocenters. The van der Waals surface area contributed by atoms with Crippen molar-refractivity contribution in [2.45, 2.75) is 20.8 Å². The zero-order valence-electron chi connectivity index (χ0n) is 18.3. The molecule has 4 rings (SSSR count). The van der Waals surface area contributed by atoms with Gasteiger partial charge in [-0.15, -0.1) is 0 Å². The standard InChI is InChI=1S/C25H28N4O2/c1-18-13-19(2)15-22(14-18)31-17-25(30)29-11-9-28(10-12-29)24-16-23(26-20(3)27-24)21-7-5-4-6-8-21/h4-8,13-16H,9-12,17H2,1-3H3. The van der Waals surface area contributed by atoms with E-state index in [-0.39, 0.29) is 12.5 Å². The molecule has 6 nitrogen and oxygen atoms in total. The molecule has 0 aliphatic carbocycles. The Morgan fingerprint density at radius 2 is 1.58 bits per heavy atom. The van der Waals surface area contributed by atoms with Crippen molar-refractivity contribution >= 4 is 11.7 Å². The van der Waals surface area contributed by atoms with Gasteiger partial charge < -0.3 is 14.5 Å². The lowest BCUT2D eigenvalue weighted by Gasteiger charge is -2.35. The largest absolute Gasteiger partial charge is 0.484 e. The first kappa shape index (κ1) is 20.8. The van der Waals surface area contributed by atoms with Crippen LogP contribution in [0.3, 0.4) is 0 Å². The first-order valence-corrected chi connectivity index (χ1v) is 10.6. The van der Waals surface area contributed by atoms with E-state index in [0.717, 1.165) is 52.9 Å². The normalized spacial score (nSPS) is 13.9. The van der Waals surface area contributed by atoms with Gasteiger partial charge in [-0.25, -0.2) is 9.97 Å². The maximum Gasteiger partial charge on any atom is 0.260 e. The molecule has 0 N–H and O–H groups in total. The summed E-state index contributed by atoms with van der Waals surface area (Å²) in [6, 6.07) is 18.2. The van der Waals surface area contributed by atoms with E-state index in [0.29, 0.717) is 13.1 Å². The molecule has 1 saturated heterocycles. The highest BCUT2D eigenvalue weighted by atomic mass is 16.5. The van der Waals surface area contributed by atoms with Crippen molar-refractivity contribution in [2.75, 3.05) is 37.7 Å². The van der Waals surface area contributed by atoms with E-state index < -0.39 is 0 Å². The van der Waals surface area contributed by atoms with Gasteiger partial charge in [0.05, 0.1) is 5.69 Å². The van der Waals surface area contributed by atoms with E-state index in [1.165, 1.54) is 0 Å². The zero-order valence-corrected chi connectivity index (χ0v) is 18.3. The number of aryl methyl sites for hydroxylation is 3. The molecule has 0 spiro atoms. The van der Waals surface area contributed by atoms with E-state index in [2.05, 4.69) is 33.1 Å². The van der Waals surface area contributed by atoms with Crippen LogP contribution in [0.25, 0.3) is 11.3 Å². The number of amides is 1. The molecule has 0 atom stereocenters. The van der Waals surface area contributed by atoms with Crippen LogP contribution >= 0.6 is 0 Å². The number of piperazine rings is 1. The summed E-state index contributed by atoms with van der Waals surface area (Å²) < 4.78 is 5.75. The van der Waals surface area contributed by atoms with Gasteiger partial charge in [-0.2, -0.15) is 0 Å². The number of rotatable bonds is 5. The second-order valence-corrected chi connectivity index (χ2v) is 8.00. The Kier molecular flexibility index (Phi) is 6.16. The summed E-state index contributed by atoms with van der Waals surface area (Å²) in [5.41, 5.74) is 4.26. The van der Waals surface area contributed by atoms with Gasteiger partial charge in [0.25, 0.3) is 5.91 Å². The maximum absolute atomic E-state index is 12.6. The predicted molar refractivity (Wildman–Crippen MR) is 122 cm³/mol. The third-order valence-corrected chi connectivity index (χ3v) is 5.41. The number of aromatic nitrogens is 2. The number of nitrogens with zero attached hydrogens (tertiary/aromatic N) is 4. The molecule has 0 bridgehead atoms. The van der Waals surface area contributed by atoms with Crippen molar-refractivity contribution in [1.82, 2.24) is 14.9 Å².